The number of esters is 1. The highest BCUT2D eigenvalue weighted by molar-refractivity contribution is 5.87. The van der Waals surface area contributed by atoms with Gasteiger partial charge < -0.3 is 38.6 Å². The molecular weight excluding hydrogens is 492 g/mol. The molecular formula is C29H36O9. The quantitative estimate of drug-likeness (QED) is 0.391. The summed E-state index contributed by atoms with van der Waals surface area (Å²) in [5, 5.41) is 23.9. The van der Waals surface area contributed by atoms with Crippen molar-refractivity contribution in [3.05, 3.63) is 34.9 Å². The van der Waals surface area contributed by atoms with Crippen LogP contribution in [-0.4, -0.2) is 78.3 Å². The summed E-state index contributed by atoms with van der Waals surface area (Å²) >= 11 is 0. The normalized spacial score (nSPS) is 54.8. The van der Waals surface area contributed by atoms with Crippen LogP contribution in [0.1, 0.15) is 52.4 Å². The van der Waals surface area contributed by atoms with Crippen molar-refractivity contribution in [2.45, 2.75) is 94.5 Å². The fraction of sp³-hybridized carbons (Fsp3) is 0.759. The van der Waals surface area contributed by atoms with E-state index in [1.165, 1.54) is 11.6 Å². The van der Waals surface area contributed by atoms with Gasteiger partial charge >= 0.3 is 5.97 Å². The summed E-state index contributed by atoms with van der Waals surface area (Å²) in [5.41, 5.74) is 0.802. The molecule has 0 aromatic heterocycles. The Morgan fingerprint density at radius 2 is 1.95 bits per heavy atom. The summed E-state index contributed by atoms with van der Waals surface area (Å²) in [6.07, 6.45) is 7.92. The Morgan fingerprint density at radius 1 is 1.08 bits per heavy atom. The minimum Gasteiger partial charge on any atom is -0.458 e. The number of rotatable bonds is 1. The zero-order valence-electron chi connectivity index (χ0n) is 21.9. The Kier molecular flexibility index (Phi) is 4.96. The second-order valence-electron chi connectivity index (χ2n) is 13.0. The molecule has 206 valence electrons. The molecule has 11 atom stereocenters. The van der Waals surface area contributed by atoms with Gasteiger partial charge in [-0.05, 0) is 61.0 Å². The van der Waals surface area contributed by atoms with E-state index in [4.69, 9.17) is 28.4 Å². The third kappa shape index (κ3) is 2.83. The number of aliphatic hydroxyl groups is 2. The lowest BCUT2D eigenvalue weighted by Crippen LogP contribution is -2.68. The molecule has 11 unspecified atom stereocenters. The first kappa shape index (κ1) is 24.2. The van der Waals surface area contributed by atoms with Crippen molar-refractivity contribution in [3.8, 4) is 0 Å². The van der Waals surface area contributed by atoms with Gasteiger partial charge in [0.15, 0.2) is 6.79 Å². The Balaban J connectivity index is 1.12. The zero-order chi connectivity index (χ0) is 26.1. The van der Waals surface area contributed by atoms with Gasteiger partial charge in [0.2, 0.25) is 12.1 Å². The van der Waals surface area contributed by atoms with E-state index in [9.17, 15) is 15.0 Å². The molecule has 4 aliphatic heterocycles. The summed E-state index contributed by atoms with van der Waals surface area (Å²) in [5.74, 6) is -1.33. The smallest absolute Gasteiger partial charge is 0.331 e. The van der Waals surface area contributed by atoms with Crippen molar-refractivity contribution < 1.29 is 43.4 Å². The molecule has 8 aliphatic rings. The highest BCUT2D eigenvalue weighted by Crippen LogP contribution is 2.68. The number of hydrogen-bond acceptors (Lipinski definition) is 9. The molecule has 38 heavy (non-hydrogen) atoms. The van der Waals surface area contributed by atoms with Crippen molar-refractivity contribution >= 4 is 5.97 Å². The van der Waals surface area contributed by atoms with E-state index in [0.717, 1.165) is 36.8 Å². The molecule has 8 rings (SSSR count). The van der Waals surface area contributed by atoms with Gasteiger partial charge in [-0.1, -0.05) is 25.5 Å². The van der Waals surface area contributed by atoms with E-state index in [1.807, 2.05) is 0 Å². The highest BCUT2D eigenvalue weighted by atomic mass is 16.9. The molecule has 1 spiro atoms. The number of fused-ring (bicyclic) bond motifs is 6. The van der Waals surface area contributed by atoms with Gasteiger partial charge in [-0.15, -0.1) is 0 Å². The van der Waals surface area contributed by atoms with Gasteiger partial charge in [-0.3, -0.25) is 0 Å². The van der Waals surface area contributed by atoms with Crippen molar-refractivity contribution in [2.24, 2.45) is 22.7 Å². The third-order valence-corrected chi connectivity index (χ3v) is 11.5. The monoisotopic (exact) mass is 528 g/mol. The Hall–Kier alpha value is -1.59. The highest BCUT2D eigenvalue weighted by Gasteiger charge is 2.70. The molecule has 0 aromatic carbocycles. The predicted molar refractivity (Wildman–Crippen MR) is 130 cm³/mol. The van der Waals surface area contributed by atoms with Crippen LogP contribution in [0.5, 0.6) is 0 Å². The van der Waals surface area contributed by atoms with Crippen LogP contribution in [0.15, 0.2) is 34.9 Å². The summed E-state index contributed by atoms with van der Waals surface area (Å²) in [6.45, 7) is 5.26. The van der Waals surface area contributed by atoms with Crippen LogP contribution in [0.3, 0.4) is 0 Å². The molecule has 5 fully saturated rings. The molecule has 9 nitrogen and oxygen atoms in total. The lowest BCUT2D eigenvalue weighted by Gasteiger charge is -2.63. The van der Waals surface area contributed by atoms with Gasteiger partial charge in [-0.25, -0.2) is 4.79 Å². The average Bonchev–Trinajstić information content (AvgIpc) is 3.56. The van der Waals surface area contributed by atoms with Crippen LogP contribution in [0.4, 0.5) is 0 Å². The topological polar surface area (TPSA) is 113 Å². The predicted octanol–water partition coefficient (Wildman–Crippen LogP) is 2.26. The SMILES string of the molecule is CC12CC3OC45OCOC4CCOC5OC3C=C1CCC1C2CCC2(C)C(C3=CC(=O)OC3)=CC(O)C12O. The number of carbonyl (C=O) groups excluding carboxylic acids is 1. The standard InChI is InChI=1S/C29H36O9/c1-26-12-21-20(37-25-29(38-21)23(6-8-33-25)35-14-36-29)10-16(26)3-4-18-17(26)5-7-27(2)19(11-22(30)28(18,27)32)15-9-24(31)34-13-15/h9-11,17-18,20-23,25,30,32H,3-8,12-14H2,1-2H3. The van der Waals surface area contributed by atoms with Crippen LogP contribution in [0, 0.1) is 22.7 Å². The van der Waals surface area contributed by atoms with Crippen LogP contribution in [0.25, 0.3) is 0 Å². The molecule has 3 saturated heterocycles. The molecule has 0 radical (unpaired) electrons. The summed E-state index contributed by atoms with van der Waals surface area (Å²) in [7, 11) is 0. The largest absolute Gasteiger partial charge is 0.458 e. The second kappa shape index (κ2) is 7.78. The molecule has 2 saturated carbocycles. The van der Waals surface area contributed by atoms with Crippen molar-refractivity contribution in [1.29, 1.82) is 0 Å². The molecule has 0 bridgehead atoms. The van der Waals surface area contributed by atoms with Crippen molar-refractivity contribution in [2.75, 3.05) is 20.0 Å². The van der Waals surface area contributed by atoms with Crippen LogP contribution >= 0.6 is 0 Å². The van der Waals surface area contributed by atoms with Crippen molar-refractivity contribution in [1.82, 2.24) is 0 Å². The number of cyclic esters (lactones) is 1. The minimum absolute atomic E-state index is 0.102. The van der Waals surface area contributed by atoms with Gasteiger partial charge in [0, 0.05) is 23.5 Å². The van der Waals surface area contributed by atoms with Gasteiger partial charge in [0.1, 0.15) is 30.5 Å². The first-order chi connectivity index (χ1) is 18.2. The van der Waals surface area contributed by atoms with Gasteiger partial charge in [0.25, 0.3) is 0 Å². The molecule has 0 aromatic rings. The fourth-order valence-corrected chi connectivity index (χ4v) is 9.57. The molecule has 2 N–H and O–H groups in total. The zero-order valence-corrected chi connectivity index (χ0v) is 21.9. The van der Waals surface area contributed by atoms with E-state index in [0.29, 0.717) is 19.4 Å². The lowest BCUT2D eigenvalue weighted by atomic mass is 9.44. The summed E-state index contributed by atoms with van der Waals surface area (Å²) in [6, 6.07) is 0. The maximum Gasteiger partial charge on any atom is 0.331 e. The molecule has 0 amide bonds. The average molecular weight is 529 g/mol. The maximum absolute atomic E-state index is 12.5. The number of aliphatic hydroxyl groups excluding tert-OH is 1. The summed E-state index contributed by atoms with van der Waals surface area (Å²) < 4.78 is 36.2. The Morgan fingerprint density at radius 3 is 2.76 bits per heavy atom. The Bertz CT molecular complexity index is 1180. The van der Waals surface area contributed by atoms with Crippen LogP contribution in [0.2, 0.25) is 0 Å². The van der Waals surface area contributed by atoms with E-state index in [-0.39, 0.29) is 54.9 Å². The molecule has 4 aliphatic carbocycles. The van der Waals surface area contributed by atoms with Gasteiger partial charge in [0.05, 0.1) is 12.7 Å². The number of allylic oxidation sites excluding steroid dienone is 1. The lowest BCUT2D eigenvalue weighted by molar-refractivity contribution is -0.421. The number of ether oxygens (including phenoxy) is 6. The van der Waals surface area contributed by atoms with E-state index in [2.05, 4.69) is 19.9 Å². The minimum atomic E-state index is -1.32. The third-order valence-electron chi connectivity index (χ3n) is 11.5. The van der Waals surface area contributed by atoms with E-state index in [1.54, 1.807) is 6.08 Å². The van der Waals surface area contributed by atoms with Gasteiger partial charge in [-0.2, -0.15) is 0 Å². The van der Waals surface area contributed by atoms with Crippen molar-refractivity contribution in [3.63, 3.8) is 0 Å². The number of carbonyl (C=O) groups is 1. The molecule has 9 heteroatoms. The first-order valence-electron chi connectivity index (χ1n) is 14.1. The van der Waals surface area contributed by atoms with E-state index >= 15 is 0 Å². The van der Waals surface area contributed by atoms with E-state index < -0.39 is 29.2 Å². The van der Waals surface area contributed by atoms with Crippen LogP contribution < -0.4 is 0 Å². The fourth-order valence-electron chi connectivity index (χ4n) is 9.57. The first-order valence-corrected chi connectivity index (χ1v) is 14.1. The Labute approximate surface area is 221 Å². The number of hydrogen-bond donors (Lipinski definition) is 2. The molecule has 4 heterocycles. The summed E-state index contributed by atoms with van der Waals surface area (Å²) in [4.78, 5) is 11.8. The second-order valence-corrected chi connectivity index (χ2v) is 13.0. The van der Waals surface area contributed by atoms with Crippen LogP contribution in [-0.2, 0) is 33.2 Å². The maximum atomic E-state index is 12.5.